The Hall–Kier alpha value is -2.99. The van der Waals surface area contributed by atoms with Crippen molar-refractivity contribution in [1.29, 1.82) is 0 Å². The Balaban J connectivity index is 0.00000320. The van der Waals surface area contributed by atoms with Crippen LogP contribution >= 0.6 is 12.0 Å². The Bertz CT molecular complexity index is 1080. The quantitative estimate of drug-likeness (QED) is 0.149. The number of aromatic hydroxyl groups is 2. The minimum atomic E-state index is -0.710. The molecule has 0 fully saturated rings. The fourth-order valence-corrected chi connectivity index (χ4v) is 2.81. The zero-order chi connectivity index (χ0) is 21.0. The van der Waals surface area contributed by atoms with Crippen LogP contribution in [0.2, 0.25) is 0 Å². The van der Waals surface area contributed by atoms with E-state index in [1.165, 1.54) is 4.68 Å². The third-order valence-electron chi connectivity index (χ3n) is 3.67. The van der Waals surface area contributed by atoms with Crippen LogP contribution < -0.4 is 0 Å². The van der Waals surface area contributed by atoms with Gasteiger partial charge in [-0.1, -0.05) is 23.2 Å². The zero-order valence-electron chi connectivity index (χ0n) is 15.1. The number of phenols is 1. The van der Waals surface area contributed by atoms with E-state index in [1.54, 1.807) is 31.2 Å². The van der Waals surface area contributed by atoms with Gasteiger partial charge in [-0.25, -0.2) is 5.26 Å². The third kappa shape index (κ3) is 4.94. The maximum atomic E-state index is 11.1. The van der Waals surface area contributed by atoms with Gasteiger partial charge in [-0.3, -0.25) is 10.1 Å². The number of para-hydroxylation sites is 1. The van der Waals surface area contributed by atoms with Crippen molar-refractivity contribution in [3.63, 3.8) is 0 Å². The molecule has 0 bridgehead atoms. The summed E-state index contributed by atoms with van der Waals surface area (Å²) in [5, 5.41) is 55.3. The summed E-state index contributed by atoms with van der Waals surface area (Å²) >= 11 is 0.328. The summed E-state index contributed by atoms with van der Waals surface area (Å²) in [5.74, 6) is -0.803. The molecule has 0 amide bonds. The molecule has 3 aromatic rings. The molecule has 1 heterocycles. The van der Waals surface area contributed by atoms with Gasteiger partial charge in [0.1, 0.15) is 5.69 Å². The summed E-state index contributed by atoms with van der Waals surface area (Å²) in [6.45, 7) is 1.59. The number of aromatic nitrogens is 2. The Morgan fingerprint density at radius 3 is 2.53 bits per heavy atom. The van der Waals surface area contributed by atoms with Gasteiger partial charge in [0.25, 0.3) is 5.69 Å². The molecule has 3 N–H and O–H groups in total. The Morgan fingerprint density at radius 1 is 1.20 bits per heavy atom. The molecule has 30 heavy (non-hydrogen) atoms. The minimum Gasteiger partial charge on any atom is -0.504 e. The number of benzene rings is 2. The third-order valence-corrected chi connectivity index (χ3v) is 4.29. The summed E-state index contributed by atoms with van der Waals surface area (Å²) in [6, 6.07) is 10.8. The number of rotatable bonds is 7. The number of hydrogen-bond acceptors (Lipinski definition) is 11. The predicted molar refractivity (Wildman–Crippen MR) is 99.6 cm³/mol. The molecular weight excluding hydrogens is 458 g/mol. The molecule has 0 saturated heterocycles. The first kappa shape index (κ1) is 23.3. The molecule has 0 unspecified atom stereocenters. The second kappa shape index (κ2) is 10.2. The van der Waals surface area contributed by atoms with E-state index in [1.807, 2.05) is 6.07 Å². The topological polar surface area (TPSA) is 165 Å². The number of azo groups is 1. The van der Waals surface area contributed by atoms with Crippen molar-refractivity contribution in [2.24, 2.45) is 10.2 Å². The van der Waals surface area contributed by atoms with Gasteiger partial charge in [0.05, 0.1) is 33.2 Å². The number of nitrogens with zero attached hydrogens (tertiary/aromatic N) is 5. The number of phenolic OH excluding ortho intramolecular Hbond substituents is 1. The fourth-order valence-electron chi connectivity index (χ4n) is 2.35. The molecule has 3 rings (SSSR count). The molecule has 0 aliphatic rings. The summed E-state index contributed by atoms with van der Waals surface area (Å²) in [4.78, 5) is 10.2. The molecule has 0 radical (unpaired) electrons. The largest absolute Gasteiger partial charge is 0.504 e. The molecule has 12 nitrogen and oxygen atoms in total. The fraction of sp³-hybridized carbons (Fsp3) is 0.0625. The van der Waals surface area contributed by atoms with Gasteiger partial charge in [-0.15, -0.1) is 14.6 Å². The molecule has 0 aliphatic heterocycles. The van der Waals surface area contributed by atoms with Gasteiger partial charge in [0, 0.05) is 29.5 Å². The number of hydrogen-bond donors (Lipinski definition) is 3. The van der Waals surface area contributed by atoms with E-state index >= 15 is 0 Å². The first-order valence-corrected chi connectivity index (χ1v) is 8.58. The summed E-state index contributed by atoms with van der Waals surface area (Å²) in [7, 11) is 0. The van der Waals surface area contributed by atoms with Crippen LogP contribution in [-0.4, -0.2) is 30.2 Å². The van der Waals surface area contributed by atoms with Gasteiger partial charge in [0.2, 0.25) is 5.88 Å². The first-order valence-electron chi connectivity index (χ1n) is 7.84. The van der Waals surface area contributed by atoms with Crippen molar-refractivity contribution in [2.75, 3.05) is 0 Å². The number of non-ortho nitro benzene ring substituents is 1. The van der Waals surface area contributed by atoms with Crippen LogP contribution in [0.4, 0.5) is 17.1 Å². The zero-order valence-corrected chi connectivity index (χ0v) is 17.2. The second-order valence-electron chi connectivity index (χ2n) is 5.50. The second-order valence-corrected chi connectivity index (χ2v) is 6.24. The van der Waals surface area contributed by atoms with Gasteiger partial charge in [-0.05, 0) is 19.1 Å². The Kier molecular flexibility index (Phi) is 7.89. The Morgan fingerprint density at radius 2 is 1.90 bits per heavy atom. The average Bonchev–Trinajstić information content (AvgIpc) is 3.00. The van der Waals surface area contributed by atoms with Gasteiger partial charge in [-0.2, -0.15) is 9.78 Å². The van der Waals surface area contributed by atoms with Crippen LogP contribution in [-0.2, 0) is 26.7 Å². The van der Waals surface area contributed by atoms with E-state index in [4.69, 9.17) is 5.26 Å². The van der Waals surface area contributed by atoms with E-state index in [0.29, 0.717) is 23.4 Å². The van der Waals surface area contributed by atoms with Crippen molar-refractivity contribution >= 4 is 29.1 Å². The number of aryl methyl sites for hydroxylation is 1. The first-order chi connectivity index (χ1) is 13.9. The molecule has 14 heteroatoms. The smallest absolute Gasteiger partial charge is 0.273 e. The molecule has 0 aliphatic carbocycles. The molecule has 2 aromatic carbocycles. The van der Waals surface area contributed by atoms with Crippen LogP contribution in [0.3, 0.4) is 0 Å². The predicted octanol–water partition coefficient (Wildman–Crippen LogP) is 4.34. The molecule has 1 aromatic heterocycles. The summed E-state index contributed by atoms with van der Waals surface area (Å²) in [5.41, 5.74) is 0.263. The van der Waals surface area contributed by atoms with Crippen LogP contribution in [0.15, 0.2) is 57.6 Å². The van der Waals surface area contributed by atoms with E-state index in [2.05, 4.69) is 24.7 Å². The SMILES string of the molecule is Cc1nn(-c2ccccc2)c(O)c1N=Nc1cc([N+](=O)[O-])cc(SOOO)c1O.[Cr]. The van der Waals surface area contributed by atoms with Crippen molar-refractivity contribution in [3.05, 3.63) is 58.3 Å². The van der Waals surface area contributed by atoms with Gasteiger partial charge >= 0.3 is 0 Å². The molecule has 0 spiro atoms. The molecule has 0 saturated carbocycles. The van der Waals surface area contributed by atoms with E-state index < -0.39 is 16.4 Å². The molecule has 0 atom stereocenters. The average molecular weight is 471 g/mol. The van der Waals surface area contributed by atoms with Crippen LogP contribution in [0, 0.1) is 17.0 Å². The van der Waals surface area contributed by atoms with Crippen LogP contribution in [0.1, 0.15) is 5.69 Å². The standard InChI is InChI=1S/C16H13N5O7S.Cr/c1-9-14(16(23)20(19-9)10-5-3-2-4-6-10)18-17-12-7-11(21(24)25)8-13(15(12)22)29-28-27-26;/h2-8,22-23,26H,1H3;. The number of nitro groups is 1. The van der Waals surface area contributed by atoms with E-state index in [-0.39, 0.29) is 39.5 Å². The maximum absolute atomic E-state index is 11.1. The van der Waals surface area contributed by atoms with Gasteiger partial charge < -0.3 is 10.2 Å². The minimum absolute atomic E-state index is 0. The van der Waals surface area contributed by atoms with E-state index in [9.17, 15) is 20.3 Å². The number of nitro benzene ring substituents is 1. The van der Waals surface area contributed by atoms with Crippen molar-refractivity contribution in [2.45, 2.75) is 11.8 Å². The molecule has 156 valence electrons. The van der Waals surface area contributed by atoms with Gasteiger partial charge in [0.15, 0.2) is 11.4 Å². The van der Waals surface area contributed by atoms with Crippen molar-refractivity contribution in [1.82, 2.24) is 9.78 Å². The van der Waals surface area contributed by atoms with Crippen molar-refractivity contribution in [3.8, 4) is 17.3 Å². The summed E-state index contributed by atoms with van der Waals surface area (Å²) in [6.07, 6.45) is 0. The Labute approximate surface area is 183 Å². The molecular formula is C16H13CrN5O7S. The normalized spacial score (nSPS) is 10.9. The maximum Gasteiger partial charge on any atom is 0.273 e. The van der Waals surface area contributed by atoms with E-state index in [0.717, 1.165) is 12.1 Å². The van der Waals surface area contributed by atoms with Crippen LogP contribution in [0.25, 0.3) is 5.69 Å². The van der Waals surface area contributed by atoms with Crippen molar-refractivity contribution < 1.29 is 47.1 Å². The monoisotopic (exact) mass is 471 g/mol. The summed E-state index contributed by atoms with van der Waals surface area (Å²) < 4.78 is 5.46. The van der Waals surface area contributed by atoms with Crippen LogP contribution in [0.5, 0.6) is 11.6 Å².